The maximum absolute atomic E-state index is 10.1. The van der Waals surface area contributed by atoms with Crippen LogP contribution in [0.2, 0.25) is 0 Å². The summed E-state index contributed by atoms with van der Waals surface area (Å²) >= 11 is 0. The monoisotopic (exact) mass is 195 g/mol. The quantitative estimate of drug-likeness (QED) is 0.511. The zero-order chi connectivity index (χ0) is 8.97. The summed E-state index contributed by atoms with van der Waals surface area (Å²) in [6.45, 7) is -0.208. The third-order valence-electron chi connectivity index (χ3n) is 1.36. The van der Waals surface area contributed by atoms with Gasteiger partial charge in [0.25, 0.3) is 0 Å². The van der Waals surface area contributed by atoms with E-state index in [-0.39, 0.29) is 44.0 Å². The van der Waals surface area contributed by atoms with Gasteiger partial charge in [0.1, 0.15) is 6.61 Å². The number of aliphatic hydroxyl groups excluding tert-OH is 1. The summed E-state index contributed by atoms with van der Waals surface area (Å²) < 4.78 is 4.65. The number of carboxylic acid groups (broad SMARTS) is 1. The van der Waals surface area contributed by atoms with E-state index < -0.39 is 5.97 Å². The van der Waals surface area contributed by atoms with Crippen molar-refractivity contribution in [2.75, 3.05) is 0 Å². The third kappa shape index (κ3) is 4.42. The van der Waals surface area contributed by atoms with Crippen molar-refractivity contribution >= 4 is 5.97 Å². The van der Waals surface area contributed by atoms with Crippen LogP contribution in [0.3, 0.4) is 0 Å². The van der Waals surface area contributed by atoms with E-state index in [9.17, 15) is 4.79 Å². The van der Waals surface area contributed by atoms with E-state index in [4.69, 9.17) is 10.2 Å². The fraction of sp³-hybridized carbons (Fsp3) is 0.429. The molecule has 13 heavy (non-hydrogen) atoms. The molecule has 0 aliphatic rings. The van der Waals surface area contributed by atoms with Crippen LogP contribution in [0.25, 0.3) is 0 Å². The molecule has 2 N–H and O–H groups in total. The smallest absolute Gasteiger partial charge is 1.00 e. The molecule has 0 fully saturated rings. The first-order valence-corrected chi connectivity index (χ1v) is 3.49. The van der Waals surface area contributed by atoms with E-state index in [2.05, 4.69) is 9.68 Å². The van der Waals surface area contributed by atoms with E-state index in [1.54, 1.807) is 6.07 Å². The fourth-order valence-electron chi connectivity index (χ4n) is 0.783. The Morgan fingerprint density at radius 1 is 1.69 bits per heavy atom. The number of rotatable bonds is 4. The molecule has 0 saturated carbocycles. The Hall–Kier alpha value is -0.360. The van der Waals surface area contributed by atoms with Crippen LogP contribution in [0.5, 0.6) is 0 Å². The van der Waals surface area contributed by atoms with Gasteiger partial charge in [-0.2, -0.15) is 0 Å². The normalized spacial score (nSPS) is 9.31. The standard InChI is InChI=1S/C7H9NO4.Na.H/c9-4-6-3-5(8-12-6)1-2-7(10)11;;/h3,9H,1-2,4H2,(H,10,11);;/q;+1;-1. The van der Waals surface area contributed by atoms with Crippen molar-refractivity contribution in [3.05, 3.63) is 17.5 Å². The molecule has 0 bridgehead atoms. The van der Waals surface area contributed by atoms with E-state index in [1.807, 2.05) is 0 Å². The predicted molar refractivity (Wildman–Crippen MR) is 39.5 cm³/mol. The molecule has 0 aliphatic heterocycles. The molecular weight excluding hydrogens is 185 g/mol. The Bertz CT molecular complexity index is 278. The number of aliphatic carboxylic acids is 1. The van der Waals surface area contributed by atoms with Crippen molar-refractivity contribution in [1.82, 2.24) is 5.16 Å². The molecule has 1 aromatic rings. The van der Waals surface area contributed by atoms with Gasteiger partial charge in [0.05, 0.1) is 12.1 Å². The molecule has 0 amide bonds. The van der Waals surface area contributed by atoms with Gasteiger partial charge in [-0.25, -0.2) is 0 Å². The molecule has 0 radical (unpaired) electrons. The van der Waals surface area contributed by atoms with Crippen LogP contribution in [0.4, 0.5) is 0 Å². The number of hydrogen-bond acceptors (Lipinski definition) is 4. The largest absolute Gasteiger partial charge is 1.00 e. The minimum Gasteiger partial charge on any atom is -1.00 e. The van der Waals surface area contributed by atoms with Gasteiger partial charge in [-0.1, -0.05) is 5.16 Å². The Morgan fingerprint density at radius 2 is 2.38 bits per heavy atom. The van der Waals surface area contributed by atoms with Crippen molar-refractivity contribution in [3.8, 4) is 0 Å². The maximum atomic E-state index is 10.1. The van der Waals surface area contributed by atoms with E-state index in [0.717, 1.165) is 0 Å². The van der Waals surface area contributed by atoms with Gasteiger partial charge < -0.3 is 16.2 Å². The summed E-state index contributed by atoms with van der Waals surface area (Å²) in [6.07, 6.45) is 0.357. The van der Waals surface area contributed by atoms with Gasteiger partial charge in [-0.3, -0.25) is 4.79 Å². The Kier molecular flexibility index (Phi) is 5.98. The zero-order valence-corrected chi connectivity index (χ0v) is 9.36. The minimum absolute atomic E-state index is 0. The molecule has 0 aliphatic carbocycles. The molecule has 1 aromatic heterocycles. The number of hydrogen-bond donors (Lipinski definition) is 2. The van der Waals surface area contributed by atoms with Gasteiger partial charge >= 0.3 is 35.5 Å². The first-order chi connectivity index (χ1) is 5.72. The molecule has 1 heterocycles. The third-order valence-corrected chi connectivity index (χ3v) is 1.36. The fourth-order valence-corrected chi connectivity index (χ4v) is 0.783. The van der Waals surface area contributed by atoms with Gasteiger partial charge in [0, 0.05) is 12.5 Å². The number of carbonyl (C=O) groups is 1. The van der Waals surface area contributed by atoms with Crippen LogP contribution in [-0.4, -0.2) is 21.3 Å². The molecule has 0 aromatic carbocycles. The van der Waals surface area contributed by atoms with Crippen LogP contribution in [-0.2, 0) is 17.8 Å². The molecule has 6 heteroatoms. The first kappa shape index (κ1) is 12.6. The maximum Gasteiger partial charge on any atom is 1.00 e. The molecule has 0 spiro atoms. The molecule has 0 unspecified atom stereocenters. The summed E-state index contributed by atoms with van der Waals surface area (Å²) in [5.41, 5.74) is 0.557. The van der Waals surface area contributed by atoms with Crippen molar-refractivity contribution in [2.24, 2.45) is 0 Å². The molecule has 0 saturated heterocycles. The molecule has 5 nitrogen and oxygen atoms in total. The van der Waals surface area contributed by atoms with Gasteiger partial charge in [0.15, 0.2) is 5.76 Å². The average Bonchev–Trinajstić information content (AvgIpc) is 2.48. The average molecular weight is 195 g/mol. The van der Waals surface area contributed by atoms with Gasteiger partial charge in [-0.05, 0) is 0 Å². The number of carboxylic acids is 1. The number of aliphatic hydroxyl groups is 1. The van der Waals surface area contributed by atoms with Crippen molar-refractivity contribution in [2.45, 2.75) is 19.4 Å². The van der Waals surface area contributed by atoms with Crippen LogP contribution in [0.15, 0.2) is 10.6 Å². The molecule has 1 rings (SSSR count). The van der Waals surface area contributed by atoms with Crippen LogP contribution >= 0.6 is 0 Å². The first-order valence-electron chi connectivity index (χ1n) is 3.49. The van der Waals surface area contributed by atoms with Crippen molar-refractivity contribution < 1.29 is 50.5 Å². The van der Waals surface area contributed by atoms with Gasteiger partial charge in [0.2, 0.25) is 0 Å². The summed E-state index contributed by atoms with van der Waals surface area (Å²) in [5, 5.41) is 20.5. The molecule has 68 valence electrons. The van der Waals surface area contributed by atoms with Crippen LogP contribution < -0.4 is 29.6 Å². The molecular formula is C7H10NNaO4. The second-order valence-electron chi connectivity index (χ2n) is 2.34. The van der Waals surface area contributed by atoms with Crippen LogP contribution in [0, 0.1) is 0 Å². The second-order valence-corrected chi connectivity index (χ2v) is 2.34. The van der Waals surface area contributed by atoms with Gasteiger partial charge in [-0.15, -0.1) is 0 Å². The number of nitrogens with zero attached hydrogens (tertiary/aromatic N) is 1. The summed E-state index contributed by atoms with van der Waals surface area (Å²) in [5.74, 6) is -0.515. The number of aromatic nitrogens is 1. The number of aryl methyl sites for hydroxylation is 1. The van der Waals surface area contributed by atoms with E-state index in [0.29, 0.717) is 17.9 Å². The zero-order valence-electron chi connectivity index (χ0n) is 8.36. The minimum atomic E-state index is -0.872. The summed E-state index contributed by atoms with van der Waals surface area (Å²) in [7, 11) is 0. The van der Waals surface area contributed by atoms with E-state index in [1.165, 1.54) is 0 Å². The van der Waals surface area contributed by atoms with Crippen molar-refractivity contribution in [1.29, 1.82) is 0 Å². The Labute approximate surface area is 98.5 Å². The van der Waals surface area contributed by atoms with Crippen molar-refractivity contribution in [3.63, 3.8) is 0 Å². The summed E-state index contributed by atoms with van der Waals surface area (Å²) in [4.78, 5) is 10.1. The van der Waals surface area contributed by atoms with Crippen LogP contribution in [0.1, 0.15) is 19.3 Å². The second kappa shape index (κ2) is 6.15. The topological polar surface area (TPSA) is 83.6 Å². The summed E-state index contributed by atoms with van der Waals surface area (Å²) in [6, 6.07) is 1.54. The predicted octanol–water partition coefficient (Wildman–Crippen LogP) is -2.70. The Balaban J connectivity index is 0. The SMILES string of the molecule is O=C(O)CCc1cc(CO)on1.[H-].[Na+]. The van der Waals surface area contributed by atoms with E-state index >= 15 is 0 Å². The Morgan fingerprint density at radius 3 is 2.85 bits per heavy atom. The molecule has 0 atom stereocenters.